The number of aliphatic hydroxyl groups excluding tert-OH is 1. The van der Waals surface area contributed by atoms with E-state index in [1.165, 1.54) is 19.3 Å². The number of ketones is 1. The number of carbonyl (C=O) groups is 1. The van der Waals surface area contributed by atoms with Crippen molar-refractivity contribution < 1.29 is 9.90 Å². The molecule has 0 amide bonds. The molecule has 0 aromatic heterocycles. The number of nitrogens with zero attached hydrogens (tertiary/aromatic N) is 2. The van der Waals surface area contributed by atoms with E-state index in [9.17, 15) is 9.90 Å². The molecule has 1 aromatic rings. The van der Waals surface area contributed by atoms with Crippen LogP contribution < -0.4 is 0 Å². The number of Topliss-reactive ketones (excluding diaryl/α,β-unsaturated/α-hetero) is 1. The fourth-order valence-corrected chi connectivity index (χ4v) is 4.25. The second-order valence-electron chi connectivity index (χ2n) is 7.18. The lowest BCUT2D eigenvalue weighted by Gasteiger charge is -2.41. The van der Waals surface area contributed by atoms with Gasteiger partial charge in [-0.3, -0.25) is 14.6 Å². The van der Waals surface area contributed by atoms with Crippen molar-refractivity contribution in [1.82, 2.24) is 9.80 Å². The summed E-state index contributed by atoms with van der Waals surface area (Å²) in [6.45, 7) is 3.81. The van der Waals surface area contributed by atoms with Crippen LogP contribution in [0.1, 0.15) is 37.7 Å². The third kappa shape index (κ3) is 5.57. The molecule has 3 rings (SSSR count). The summed E-state index contributed by atoms with van der Waals surface area (Å²) in [6, 6.07) is 4.86. The van der Waals surface area contributed by atoms with Gasteiger partial charge in [-0.25, -0.2) is 0 Å². The zero-order chi connectivity index (χ0) is 17.8. The Bertz CT molecular complexity index is 608. The molecule has 0 bridgehead atoms. The number of likely N-dealkylation sites (tertiary alicyclic amines) is 2. The first-order valence-corrected chi connectivity index (χ1v) is 9.91. The van der Waals surface area contributed by atoms with Gasteiger partial charge in [0, 0.05) is 13.0 Å². The van der Waals surface area contributed by atoms with Crippen molar-refractivity contribution >= 4 is 41.4 Å². The summed E-state index contributed by atoms with van der Waals surface area (Å²) in [5, 5.41) is 11.4. The van der Waals surface area contributed by atoms with Gasteiger partial charge in [-0.15, -0.1) is 12.4 Å². The molecule has 0 aliphatic carbocycles. The van der Waals surface area contributed by atoms with Crippen LogP contribution in [0.4, 0.5) is 0 Å². The highest BCUT2D eigenvalue weighted by Gasteiger charge is 2.36. The topological polar surface area (TPSA) is 43.8 Å². The summed E-state index contributed by atoms with van der Waals surface area (Å²) >= 11 is 12.0. The molecule has 2 fully saturated rings. The molecule has 0 spiro atoms. The van der Waals surface area contributed by atoms with E-state index < -0.39 is 12.1 Å². The van der Waals surface area contributed by atoms with E-state index in [2.05, 4.69) is 9.80 Å². The van der Waals surface area contributed by atoms with E-state index in [0.717, 1.165) is 38.3 Å². The van der Waals surface area contributed by atoms with E-state index in [-0.39, 0.29) is 24.6 Å². The number of aliphatic hydroxyl groups is 1. The molecule has 2 heterocycles. The summed E-state index contributed by atoms with van der Waals surface area (Å²) in [4.78, 5) is 17.5. The van der Waals surface area contributed by atoms with Gasteiger partial charge >= 0.3 is 0 Å². The first-order chi connectivity index (χ1) is 12.0. The van der Waals surface area contributed by atoms with Gasteiger partial charge in [0.1, 0.15) is 0 Å². The molecule has 2 unspecified atom stereocenters. The molecular weight excluding hydrogens is 395 g/mol. The largest absolute Gasteiger partial charge is 0.391 e. The van der Waals surface area contributed by atoms with Crippen molar-refractivity contribution in [2.45, 2.75) is 50.7 Å². The second-order valence-corrected chi connectivity index (χ2v) is 7.99. The lowest BCUT2D eigenvalue weighted by Crippen LogP contribution is -2.56. The quantitative estimate of drug-likeness (QED) is 0.785. The van der Waals surface area contributed by atoms with Gasteiger partial charge in [0.25, 0.3) is 0 Å². The fraction of sp³-hybridized carbons (Fsp3) is 0.632. The molecule has 0 saturated carbocycles. The number of rotatable bonds is 5. The average molecular weight is 422 g/mol. The normalized spacial score (nSPS) is 24.9. The number of hydrogen-bond donors (Lipinski definition) is 1. The Hall–Kier alpha value is -0.360. The maximum atomic E-state index is 12.9. The summed E-state index contributed by atoms with van der Waals surface area (Å²) in [7, 11) is 0. The summed E-state index contributed by atoms with van der Waals surface area (Å²) in [5.74, 6) is 0.0580. The third-order valence-electron chi connectivity index (χ3n) is 5.23. The van der Waals surface area contributed by atoms with Gasteiger partial charge in [0.2, 0.25) is 0 Å². The molecule has 2 aliphatic rings. The maximum Gasteiger partial charge on any atom is 0.157 e. The summed E-state index contributed by atoms with van der Waals surface area (Å²) < 4.78 is 0. The van der Waals surface area contributed by atoms with Crippen molar-refractivity contribution in [2.24, 2.45) is 0 Å². The smallest absolute Gasteiger partial charge is 0.157 e. The van der Waals surface area contributed by atoms with Crippen molar-refractivity contribution in [1.29, 1.82) is 0 Å². The monoisotopic (exact) mass is 420 g/mol. The minimum atomic E-state index is -0.589. The van der Waals surface area contributed by atoms with Crippen LogP contribution in [0.15, 0.2) is 18.2 Å². The Labute approximate surface area is 171 Å². The van der Waals surface area contributed by atoms with Gasteiger partial charge in [0.15, 0.2) is 5.78 Å². The average Bonchev–Trinajstić information content (AvgIpc) is 2.59. The highest BCUT2D eigenvalue weighted by atomic mass is 35.5. The van der Waals surface area contributed by atoms with E-state index in [1.807, 2.05) is 6.07 Å². The lowest BCUT2D eigenvalue weighted by atomic mass is 9.92. The van der Waals surface area contributed by atoms with Gasteiger partial charge < -0.3 is 5.11 Å². The highest BCUT2D eigenvalue weighted by molar-refractivity contribution is 6.42. The van der Waals surface area contributed by atoms with Gasteiger partial charge in [0.05, 0.1) is 28.9 Å². The van der Waals surface area contributed by atoms with E-state index in [0.29, 0.717) is 16.5 Å². The van der Waals surface area contributed by atoms with Crippen LogP contribution in [0, 0.1) is 0 Å². The molecule has 2 saturated heterocycles. The standard InChI is InChI=1S/C19H26Cl2N2O2.ClH/c20-15-7-6-14(11-16(15)21)12-18(25)19-17(24)5-4-10-23(19)13-22-8-2-1-3-9-22;/h6-7,11,17,19,24H,1-5,8-10,12-13H2;1H. The van der Waals surface area contributed by atoms with Crippen LogP contribution >= 0.6 is 35.6 Å². The Morgan fingerprint density at radius 2 is 1.81 bits per heavy atom. The number of carbonyl (C=O) groups excluding carboxylic acids is 1. The molecular formula is C19H27Cl3N2O2. The SMILES string of the molecule is Cl.O=C(Cc1ccc(Cl)c(Cl)c1)C1C(O)CCCN1CN1CCCCC1. The Morgan fingerprint density at radius 1 is 1.08 bits per heavy atom. The summed E-state index contributed by atoms with van der Waals surface area (Å²) in [5.41, 5.74) is 0.843. The predicted molar refractivity (Wildman–Crippen MR) is 108 cm³/mol. The molecule has 2 atom stereocenters. The molecule has 1 aromatic carbocycles. The Kier molecular flexibility index (Phi) is 8.65. The van der Waals surface area contributed by atoms with Gasteiger partial charge in [-0.2, -0.15) is 0 Å². The lowest BCUT2D eigenvalue weighted by molar-refractivity contribution is -0.132. The van der Waals surface area contributed by atoms with Crippen molar-refractivity contribution in [3.8, 4) is 0 Å². The molecule has 0 radical (unpaired) electrons. The van der Waals surface area contributed by atoms with E-state index >= 15 is 0 Å². The number of benzene rings is 1. The molecule has 26 heavy (non-hydrogen) atoms. The zero-order valence-corrected chi connectivity index (χ0v) is 17.2. The van der Waals surface area contributed by atoms with Crippen LogP contribution in [0.2, 0.25) is 10.0 Å². The van der Waals surface area contributed by atoms with Crippen LogP contribution in [-0.4, -0.2) is 59.1 Å². The molecule has 146 valence electrons. The Morgan fingerprint density at radius 3 is 2.50 bits per heavy atom. The number of hydrogen-bond acceptors (Lipinski definition) is 4. The molecule has 7 heteroatoms. The predicted octanol–water partition coefficient (Wildman–Crippen LogP) is 3.80. The van der Waals surface area contributed by atoms with Crippen molar-refractivity contribution in [3.05, 3.63) is 33.8 Å². The van der Waals surface area contributed by atoms with Crippen LogP contribution in [-0.2, 0) is 11.2 Å². The van der Waals surface area contributed by atoms with Crippen LogP contribution in [0.5, 0.6) is 0 Å². The first kappa shape index (κ1) is 21.9. The van der Waals surface area contributed by atoms with Crippen LogP contribution in [0.3, 0.4) is 0 Å². The van der Waals surface area contributed by atoms with E-state index in [1.54, 1.807) is 12.1 Å². The van der Waals surface area contributed by atoms with Crippen LogP contribution in [0.25, 0.3) is 0 Å². The van der Waals surface area contributed by atoms with Gasteiger partial charge in [-0.05, 0) is 56.5 Å². The highest BCUT2D eigenvalue weighted by Crippen LogP contribution is 2.25. The molecule has 2 aliphatic heterocycles. The second kappa shape index (κ2) is 10.3. The van der Waals surface area contributed by atoms with Gasteiger partial charge in [-0.1, -0.05) is 35.7 Å². The summed E-state index contributed by atoms with van der Waals surface area (Å²) in [6.07, 6.45) is 5.04. The van der Waals surface area contributed by atoms with Crippen molar-refractivity contribution in [2.75, 3.05) is 26.3 Å². The number of halogens is 3. The first-order valence-electron chi connectivity index (χ1n) is 9.16. The fourth-order valence-electron chi connectivity index (χ4n) is 3.93. The van der Waals surface area contributed by atoms with Crippen molar-refractivity contribution in [3.63, 3.8) is 0 Å². The minimum absolute atomic E-state index is 0. The third-order valence-corrected chi connectivity index (χ3v) is 5.96. The minimum Gasteiger partial charge on any atom is -0.391 e. The number of piperidine rings is 2. The van der Waals surface area contributed by atoms with E-state index in [4.69, 9.17) is 23.2 Å². The zero-order valence-electron chi connectivity index (χ0n) is 14.9. The maximum absolute atomic E-state index is 12.9. The Balaban J connectivity index is 0.00000243. The molecule has 4 nitrogen and oxygen atoms in total. The molecule has 1 N–H and O–H groups in total.